The fourth-order valence-electron chi connectivity index (χ4n) is 3.51. The van der Waals surface area contributed by atoms with E-state index in [2.05, 4.69) is 24.6 Å². The van der Waals surface area contributed by atoms with Crippen LogP contribution >= 0.6 is 11.8 Å². The Morgan fingerprint density at radius 3 is 2.26 bits per heavy atom. The monoisotopic (exact) mass is 627 g/mol. The number of nitrogens with one attached hydrogen (secondary N) is 2. The molecule has 0 saturated carbocycles. The molecule has 0 fully saturated rings. The molecule has 0 aliphatic carbocycles. The first-order valence-electron chi connectivity index (χ1n) is 11.9. The van der Waals surface area contributed by atoms with E-state index < -0.39 is 15.9 Å². The van der Waals surface area contributed by atoms with Crippen molar-refractivity contribution >= 4 is 44.4 Å². The smallest absolute Gasteiger partial charge is 0.264 e. The van der Waals surface area contributed by atoms with Crippen molar-refractivity contribution in [2.45, 2.75) is 35.6 Å². The fourth-order valence-corrected chi connectivity index (χ4v) is 5.38. The standard InChI is InChI=1S/C27H25N5O4S2.BrH/c33-25(11-4-7-20-32-18-5-1-6-19-32)37-24-10-3-2-9-23(24)26(34)30-21-12-14-22(15-13-21)38(35,36)31-27-28-16-8-17-29-27;/h1-3,5-6,8-10,12-19H,4,7,11,20H2,(H-,28,29,30,31,34);1H. The molecule has 0 spiro atoms. The van der Waals surface area contributed by atoms with Gasteiger partial charge in [-0.2, -0.15) is 0 Å². The number of amides is 1. The SMILES string of the molecule is O=C(CCCC[n+]1ccccc1)Sc1ccccc1C(=O)Nc1ccc(S(=O)(=O)Nc2ncccn2)cc1.[Br-]. The van der Waals surface area contributed by atoms with Gasteiger partial charge in [-0.3, -0.25) is 9.59 Å². The second-order valence-electron chi connectivity index (χ2n) is 8.20. The molecule has 0 unspecified atom stereocenters. The lowest BCUT2D eigenvalue weighted by Crippen LogP contribution is -3.00. The van der Waals surface area contributed by atoms with Crippen molar-refractivity contribution in [2.24, 2.45) is 0 Å². The van der Waals surface area contributed by atoms with E-state index in [-0.39, 0.29) is 32.9 Å². The lowest BCUT2D eigenvalue weighted by Gasteiger charge is -2.10. The predicted molar refractivity (Wildman–Crippen MR) is 145 cm³/mol. The zero-order valence-electron chi connectivity index (χ0n) is 20.7. The van der Waals surface area contributed by atoms with Gasteiger partial charge in [-0.15, -0.1) is 0 Å². The van der Waals surface area contributed by atoms with Crippen molar-refractivity contribution in [3.8, 4) is 0 Å². The Labute approximate surface area is 241 Å². The van der Waals surface area contributed by atoms with E-state index >= 15 is 0 Å². The zero-order valence-corrected chi connectivity index (χ0v) is 24.0. The normalized spacial score (nSPS) is 10.8. The quantitative estimate of drug-likeness (QED) is 0.146. The molecule has 2 heterocycles. The van der Waals surface area contributed by atoms with E-state index in [9.17, 15) is 18.0 Å². The third kappa shape index (κ3) is 8.98. The van der Waals surface area contributed by atoms with Gasteiger partial charge in [0, 0.05) is 48.0 Å². The Morgan fingerprint density at radius 2 is 1.54 bits per heavy atom. The summed E-state index contributed by atoms with van der Waals surface area (Å²) in [6, 6.07) is 20.1. The van der Waals surface area contributed by atoms with Crippen LogP contribution in [0, 0.1) is 0 Å². The van der Waals surface area contributed by atoms with Crippen LogP contribution in [0.4, 0.5) is 11.6 Å². The summed E-state index contributed by atoms with van der Waals surface area (Å²) < 4.78 is 29.5. The maximum Gasteiger partial charge on any atom is 0.264 e. The zero-order chi connectivity index (χ0) is 26.8. The van der Waals surface area contributed by atoms with Gasteiger partial charge in [-0.1, -0.05) is 30.0 Å². The number of carbonyl (C=O) groups excluding carboxylic acids is 2. The number of carbonyl (C=O) groups is 2. The van der Waals surface area contributed by atoms with Crippen LogP contribution in [0.2, 0.25) is 0 Å². The van der Waals surface area contributed by atoms with Crippen LogP contribution in [0.15, 0.2) is 107 Å². The lowest BCUT2D eigenvalue weighted by atomic mass is 10.2. The van der Waals surface area contributed by atoms with Crippen LogP contribution in [0.3, 0.4) is 0 Å². The number of nitrogens with zero attached hydrogens (tertiary/aromatic N) is 3. The predicted octanol–water partition coefficient (Wildman–Crippen LogP) is 1.31. The first-order valence-corrected chi connectivity index (χ1v) is 14.2. The third-order valence-corrected chi connectivity index (χ3v) is 7.75. The Balaban J connectivity index is 0.00000420. The number of pyridine rings is 1. The van der Waals surface area contributed by atoms with Crippen LogP contribution in [0.1, 0.15) is 29.6 Å². The van der Waals surface area contributed by atoms with E-state index in [1.54, 1.807) is 30.3 Å². The Kier molecular flexibility index (Phi) is 11.1. The number of halogens is 1. The highest BCUT2D eigenvalue weighted by Gasteiger charge is 2.17. The summed E-state index contributed by atoms with van der Waals surface area (Å²) in [5, 5.41) is 2.76. The van der Waals surface area contributed by atoms with Gasteiger partial charge in [0.25, 0.3) is 15.9 Å². The molecule has 0 saturated heterocycles. The minimum absolute atomic E-state index is 0. The van der Waals surface area contributed by atoms with Gasteiger partial charge in [0.2, 0.25) is 5.95 Å². The second kappa shape index (κ2) is 14.5. The number of benzene rings is 2. The summed E-state index contributed by atoms with van der Waals surface area (Å²) in [6.07, 6.45) is 8.89. The number of aromatic nitrogens is 3. The number of hydrogen-bond acceptors (Lipinski definition) is 7. The van der Waals surface area contributed by atoms with Gasteiger partial charge < -0.3 is 22.3 Å². The molecule has 202 valence electrons. The minimum atomic E-state index is -3.89. The molecule has 0 aliphatic rings. The average molecular weight is 629 g/mol. The van der Waals surface area contributed by atoms with Crippen LogP contribution < -0.4 is 31.6 Å². The van der Waals surface area contributed by atoms with Crippen LogP contribution in [0.25, 0.3) is 0 Å². The maximum atomic E-state index is 13.0. The van der Waals surface area contributed by atoms with Crippen molar-refractivity contribution in [3.05, 3.63) is 103 Å². The van der Waals surface area contributed by atoms with Gasteiger partial charge >= 0.3 is 0 Å². The molecule has 0 atom stereocenters. The molecular formula is C27H26BrN5O4S2. The van der Waals surface area contributed by atoms with Gasteiger partial charge in [-0.05, 0) is 48.9 Å². The summed E-state index contributed by atoms with van der Waals surface area (Å²) in [6.45, 7) is 0.841. The van der Waals surface area contributed by atoms with Gasteiger partial charge in [-0.25, -0.2) is 27.7 Å². The van der Waals surface area contributed by atoms with E-state index in [1.807, 2.05) is 30.6 Å². The minimum Gasteiger partial charge on any atom is -1.00 e. The van der Waals surface area contributed by atoms with Crippen LogP contribution in [-0.2, 0) is 21.4 Å². The summed E-state index contributed by atoms with van der Waals surface area (Å²) >= 11 is 1.06. The molecule has 39 heavy (non-hydrogen) atoms. The van der Waals surface area contributed by atoms with Crippen molar-refractivity contribution in [1.29, 1.82) is 0 Å². The topological polar surface area (TPSA) is 122 Å². The molecule has 2 N–H and O–H groups in total. The molecule has 12 heteroatoms. The van der Waals surface area contributed by atoms with Crippen molar-refractivity contribution in [1.82, 2.24) is 9.97 Å². The summed E-state index contributed by atoms with van der Waals surface area (Å²) in [7, 11) is -3.89. The highest BCUT2D eigenvalue weighted by Crippen LogP contribution is 2.26. The Morgan fingerprint density at radius 1 is 0.846 bits per heavy atom. The third-order valence-electron chi connectivity index (χ3n) is 5.39. The average Bonchev–Trinajstić information content (AvgIpc) is 2.92. The Hall–Kier alpha value is -3.61. The summed E-state index contributed by atoms with van der Waals surface area (Å²) in [4.78, 5) is 33.8. The van der Waals surface area contributed by atoms with Gasteiger partial charge in [0.05, 0.1) is 10.5 Å². The number of unbranched alkanes of at least 4 members (excludes halogenated alkanes) is 1. The van der Waals surface area contributed by atoms with E-state index in [0.717, 1.165) is 31.1 Å². The maximum absolute atomic E-state index is 13.0. The fraction of sp³-hybridized carbons (Fsp3) is 0.148. The van der Waals surface area contributed by atoms with Gasteiger partial charge in [0.15, 0.2) is 17.5 Å². The second-order valence-corrected chi connectivity index (χ2v) is 11.0. The van der Waals surface area contributed by atoms with Crippen molar-refractivity contribution < 1.29 is 39.6 Å². The molecule has 2 aromatic heterocycles. The summed E-state index contributed by atoms with van der Waals surface area (Å²) in [5.41, 5.74) is 0.778. The van der Waals surface area contributed by atoms with Crippen molar-refractivity contribution in [2.75, 3.05) is 10.0 Å². The molecular weight excluding hydrogens is 602 g/mol. The largest absolute Gasteiger partial charge is 1.00 e. The first-order chi connectivity index (χ1) is 18.4. The summed E-state index contributed by atoms with van der Waals surface area (Å²) in [5.74, 6) is -0.434. The van der Waals surface area contributed by atoms with E-state index in [0.29, 0.717) is 22.6 Å². The Bertz CT molecular complexity index is 1490. The van der Waals surface area contributed by atoms with Crippen LogP contribution in [0.5, 0.6) is 0 Å². The molecule has 2 aromatic carbocycles. The first kappa shape index (κ1) is 29.9. The van der Waals surface area contributed by atoms with E-state index in [4.69, 9.17) is 0 Å². The molecule has 0 radical (unpaired) electrons. The number of aryl methyl sites for hydroxylation is 1. The molecule has 4 aromatic rings. The molecule has 4 rings (SSSR count). The number of anilines is 2. The number of sulfonamides is 1. The number of rotatable bonds is 11. The molecule has 1 amide bonds. The van der Waals surface area contributed by atoms with Crippen molar-refractivity contribution in [3.63, 3.8) is 0 Å². The highest BCUT2D eigenvalue weighted by molar-refractivity contribution is 8.13. The van der Waals surface area contributed by atoms with Crippen LogP contribution in [-0.4, -0.2) is 29.4 Å². The number of thioether (sulfide) groups is 1. The molecule has 0 bridgehead atoms. The highest BCUT2D eigenvalue weighted by atomic mass is 79.9. The molecule has 9 nitrogen and oxygen atoms in total. The van der Waals surface area contributed by atoms with Gasteiger partial charge in [0.1, 0.15) is 6.54 Å². The number of hydrogen-bond donors (Lipinski definition) is 2. The lowest BCUT2D eigenvalue weighted by molar-refractivity contribution is -0.697. The van der Waals surface area contributed by atoms with E-state index in [1.165, 1.54) is 36.7 Å². The molecule has 0 aliphatic heterocycles.